The number of piperidine rings is 1. The van der Waals surface area contributed by atoms with Gasteiger partial charge in [-0.1, -0.05) is 47.5 Å². The molecule has 3 N–H and O–H groups in total. The Hall–Kier alpha value is -2.37. The molecule has 4 rings (SSSR count). The number of halogens is 3. The van der Waals surface area contributed by atoms with Gasteiger partial charge in [-0.2, -0.15) is 13.2 Å². The van der Waals surface area contributed by atoms with Crippen molar-refractivity contribution in [3.8, 4) is 0 Å². The van der Waals surface area contributed by atoms with Crippen LogP contribution in [0.3, 0.4) is 0 Å². The van der Waals surface area contributed by atoms with Gasteiger partial charge in [0.2, 0.25) is 11.8 Å². The number of hydrogen-bond acceptors (Lipinski definition) is 5. The van der Waals surface area contributed by atoms with Crippen LogP contribution in [0.15, 0.2) is 0 Å². The fourth-order valence-electron chi connectivity index (χ4n) is 5.98. The Morgan fingerprint density at radius 3 is 2.11 bits per heavy atom. The van der Waals surface area contributed by atoms with Crippen molar-refractivity contribution in [1.29, 1.82) is 0 Å². The molecule has 12 heteroatoms. The van der Waals surface area contributed by atoms with Crippen molar-refractivity contribution in [2.75, 3.05) is 19.6 Å². The van der Waals surface area contributed by atoms with E-state index in [0.29, 0.717) is 19.5 Å². The van der Waals surface area contributed by atoms with E-state index in [-0.39, 0.29) is 29.7 Å². The van der Waals surface area contributed by atoms with Gasteiger partial charge in [0.05, 0.1) is 6.04 Å². The van der Waals surface area contributed by atoms with Gasteiger partial charge in [-0.3, -0.25) is 19.2 Å². The molecule has 9 nitrogen and oxygen atoms in total. The van der Waals surface area contributed by atoms with E-state index in [1.54, 1.807) is 25.7 Å². The average Bonchev–Trinajstić information content (AvgIpc) is 3.60. The summed E-state index contributed by atoms with van der Waals surface area (Å²) in [5, 5.41) is 15.5. The summed E-state index contributed by atoms with van der Waals surface area (Å²) in [6.07, 6.45) is -3.41. The quantitative estimate of drug-likeness (QED) is 0.427. The van der Waals surface area contributed by atoms with Crippen LogP contribution in [0.25, 0.3) is 0 Å². The van der Waals surface area contributed by atoms with Crippen LogP contribution in [-0.4, -0.2) is 88.6 Å². The van der Waals surface area contributed by atoms with Gasteiger partial charge in [0.25, 0.3) is 5.91 Å². The lowest BCUT2D eigenvalue weighted by Crippen LogP contribution is -2.62. The molecule has 0 aromatic carbocycles. The first-order valence-corrected chi connectivity index (χ1v) is 13.4. The van der Waals surface area contributed by atoms with Gasteiger partial charge in [0.1, 0.15) is 12.1 Å². The summed E-state index contributed by atoms with van der Waals surface area (Å²) in [4.78, 5) is 54.7. The van der Waals surface area contributed by atoms with E-state index in [4.69, 9.17) is 0 Å². The maximum atomic E-state index is 13.7. The molecule has 214 valence electrons. The van der Waals surface area contributed by atoms with E-state index in [2.05, 4.69) is 5.32 Å². The molecule has 0 bridgehead atoms. The summed E-state index contributed by atoms with van der Waals surface area (Å²) >= 11 is 0. The van der Waals surface area contributed by atoms with Crippen LogP contribution in [0.5, 0.6) is 0 Å². The lowest BCUT2D eigenvalue weighted by atomic mass is 9.85. The Bertz CT molecular complexity index is 986. The van der Waals surface area contributed by atoms with E-state index in [0.717, 1.165) is 19.3 Å². The minimum atomic E-state index is -5.16. The van der Waals surface area contributed by atoms with Gasteiger partial charge < -0.3 is 25.5 Å². The topological polar surface area (TPSA) is 119 Å². The Morgan fingerprint density at radius 2 is 1.63 bits per heavy atom. The fraction of sp³-hybridized carbons (Fsp3) is 0.846. The number of carbonyl (C=O) groups is 4. The number of aliphatic hydroxyl groups is 1. The summed E-state index contributed by atoms with van der Waals surface area (Å²) in [5.41, 5.74) is -1.32. The summed E-state index contributed by atoms with van der Waals surface area (Å²) in [7, 11) is 0. The number of fused-ring (bicyclic) bond motifs is 1. The van der Waals surface area contributed by atoms with Gasteiger partial charge in [0, 0.05) is 19.6 Å². The number of aliphatic hydroxyl groups excluding tert-OH is 1. The number of rotatable bonds is 8. The number of carbonyl (C=O) groups excluding carboxylic acids is 4. The van der Waals surface area contributed by atoms with E-state index in [1.807, 2.05) is 19.2 Å². The summed E-state index contributed by atoms with van der Waals surface area (Å²) in [6, 6.07) is -3.32. The lowest BCUT2D eigenvalue weighted by molar-refractivity contribution is -0.176. The summed E-state index contributed by atoms with van der Waals surface area (Å²) < 4.78 is 39.1. The predicted molar refractivity (Wildman–Crippen MR) is 130 cm³/mol. The third-order valence-corrected chi connectivity index (χ3v) is 8.82. The van der Waals surface area contributed by atoms with E-state index < -0.39 is 59.4 Å². The van der Waals surface area contributed by atoms with E-state index in [1.165, 1.54) is 4.90 Å². The highest BCUT2D eigenvalue weighted by Crippen LogP contribution is 2.65. The zero-order valence-electron chi connectivity index (χ0n) is 22.6. The largest absolute Gasteiger partial charge is 0.471 e. The van der Waals surface area contributed by atoms with Crippen molar-refractivity contribution < 1.29 is 37.5 Å². The Morgan fingerprint density at radius 1 is 1.03 bits per heavy atom. The normalized spacial score (nSPS) is 28.5. The monoisotopic (exact) mass is 544 g/mol. The molecule has 4 aliphatic rings. The van der Waals surface area contributed by atoms with Crippen LogP contribution < -0.4 is 10.6 Å². The second-order valence-corrected chi connectivity index (χ2v) is 13.1. The zero-order valence-corrected chi connectivity index (χ0v) is 22.6. The molecule has 4 fully saturated rings. The molecule has 0 radical (unpaired) electrons. The minimum Gasteiger partial charge on any atom is -0.381 e. The molecular formula is C26H39F3N4O5. The summed E-state index contributed by atoms with van der Waals surface area (Å²) in [5.74, 6) is -3.91. The van der Waals surface area contributed by atoms with Crippen molar-refractivity contribution in [1.82, 2.24) is 20.4 Å². The van der Waals surface area contributed by atoms with Crippen LogP contribution in [0.2, 0.25) is 0 Å². The van der Waals surface area contributed by atoms with Crippen molar-refractivity contribution in [3.05, 3.63) is 0 Å². The molecule has 2 saturated carbocycles. The third kappa shape index (κ3) is 5.51. The number of amides is 4. The van der Waals surface area contributed by atoms with Gasteiger partial charge in [-0.15, -0.1) is 0 Å². The van der Waals surface area contributed by atoms with E-state index >= 15 is 0 Å². The Balaban J connectivity index is 1.55. The number of alkyl halides is 3. The lowest BCUT2D eigenvalue weighted by Gasteiger charge is -2.38. The molecule has 0 spiro atoms. The van der Waals surface area contributed by atoms with Gasteiger partial charge in [0.15, 0.2) is 6.10 Å². The Labute approximate surface area is 220 Å². The highest BCUT2D eigenvalue weighted by Gasteiger charge is 2.70. The van der Waals surface area contributed by atoms with Crippen LogP contribution >= 0.6 is 0 Å². The van der Waals surface area contributed by atoms with Gasteiger partial charge >= 0.3 is 12.1 Å². The van der Waals surface area contributed by atoms with Crippen molar-refractivity contribution in [2.24, 2.45) is 28.6 Å². The molecule has 2 saturated heterocycles. The highest BCUT2D eigenvalue weighted by molar-refractivity contribution is 5.95. The Kier molecular flexibility index (Phi) is 7.29. The van der Waals surface area contributed by atoms with Crippen LogP contribution in [0, 0.1) is 28.6 Å². The molecule has 0 aromatic rings. The second kappa shape index (κ2) is 9.67. The first kappa shape index (κ1) is 28.6. The van der Waals surface area contributed by atoms with Crippen molar-refractivity contribution in [3.63, 3.8) is 0 Å². The maximum Gasteiger partial charge on any atom is 0.471 e. The molecule has 2 heterocycles. The maximum absolute atomic E-state index is 13.7. The number of nitrogens with one attached hydrogen (secondary N) is 2. The first-order valence-electron chi connectivity index (χ1n) is 13.4. The zero-order chi connectivity index (χ0) is 28.4. The molecule has 2 aliphatic heterocycles. The number of hydrogen-bond donors (Lipinski definition) is 3. The van der Waals surface area contributed by atoms with Crippen LogP contribution in [0.4, 0.5) is 13.2 Å². The number of nitrogens with zero attached hydrogens (tertiary/aromatic N) is 2. The average molecular weight is 545 g/mol. The molecule has 2 aliphatic carbocycles. The first-order chi connectivity index (χ1) is 17.4. The molecule has 6 atom stereocenters. The predicted octanol–water partition coefficient (Wildman–Crippen LogP) is 1.44. The third-order valence-electron chi connectivity index (χ3n) is 8.82. The standard InChI is InChI=1S/C26H39F3N4O5/c1-24(2,3)19(31-23(38)26(27,28)29)22(37)33-12-14-16(25(14,4)5)17(33)20(35)30-15(11-13-7-8-13)18(34)21(36)32-9-6-10-32/h13-19,34H,6-12H2,1-5H3,(H,30,35)(H,31,38)/t14-,15?,16-,17-,18?,19+/m0/s1. The van der Waals surface area contributed by atoms with Crippen LogP contribution in [-0.2, 0) is 19.2 Å². The minimum absolute atomic E-state index is 0.0318. The van der Waals surface area contributed by atoms with Crippen LogP contribution in [0.1, 0.15) is 60.3 Å². The second-order valence-electron chi connectivity index (χ2n) is 13.1. The highest BCUT2D eigenvalue weighted by atomic mass is 19.4. The SMILES string of the molecule is CC(C)(C)[C@H](NC(=O)C(F)(F)F)C(=O)N1C[C@H]2[C@@H]([C@H]1C(=O)NC(CC1CC1)C(O)C(=O)N1CCC1)C2(C)C. The van der Waals surface area contributed by atoms with Crippen molar-refractivity contribution >= 4 is 23.6 Å². The molecule has 0 aromatic heterocycles. The van der Waals surface area contributed by atoms with Crippen molar-refractivity contribution in [2.45, 2.75) is 90.7 Å². The van der Waals surface area contributed by atoms with Gasteiger partial charge in [-0.05, 0) is 41.4 Å². The fourth-order valence-corrected chi connectivity index (χ4v) is 5.98. The molecular weight excluding hydrogens is 505 g/mol. The van der Waals surface area contributed by atoms with Gasteiger partial charge in [-0.25, -0.2) is 0 Å². The smallest absolute Gasteiger partial charge is 0.381 e. The summed E-state index contributed by atoms with van der Waals surface area (Å²) in [6.45, 7) is 9.87. The molecule has 4 amide bonds. The molecule has 2 unspecified atom stereocenters. The number of likely N-dealkylation sites (tertiary alicyclic amines) is 2. The molecule has 38 heavy (non-hydrogen) atoms. The van der Waals surface area contributed by atoms with E-state index in [9.17, 15) is 37.5 Å².